The highest BCUT2D eigenvalue weighted by Gasteiger charge is 2.42. The van der Waals surface area contributed by atoms with Gasteiger partial charge in [0.2, 0.25) is 5.91 Å². The number of amides is 1. The molecule has 0 radical (unpaired) electrons. The molecule has 1 aliphatic heterocycles. The van der Waals surface area contributed by atoms with Gasteiger partial charge in [0.15, 0.2) is 0 Å². The molecule has 38 heavy (non-hydrogen) atoms. The van der Waals surface area contributed by atoms with E-state index < -0.39 is 0 Å². The molecule has 1 aromatic carbocycles. The van der Waals surface area contributed by atoms with Crippen molar-refractivity contribution in [1.29, 1.82) is 5.26 Å². The Hall–Kier alpha value is -3.44. The van der Waals surface area contributed by atoms with E-state index in [1.165, 1.54) is 29.5 Å². The first-order valence-corrected chi connectivity index (χ1v) is 13.7. The second kappa shape index (κ2) is 11.1. The van der Waals surface area contributed by atoms with Crippen molar-refractivity contribution in [3.63, 3.8) is 0 Å². The molecule has 1 spiro atoms. The van der Waals surface area contributed by atoms with Crippen molar-refractivity contribution in [1.82, 2.24) is 19.8 Å². The molecule has 8 heteroatoms. The minimum absolute atomic E-state index is 0.0352. The van der Waals surface area contributed by atoms with Crippen LogP contribution in [0.3, 0.4) is 0 Å². The second-order valence-electron chi connectivity index (χ2n) is 11.1. The Morgan fingerprint density at radius 3 is 2.87 bits per heavy atom. The number of hydrogen-bond acceptors (Lipinski definition) is 7. The zero-order valence-corrected chi connectivity index (χ0v) is 22.8. The fraction of sp³-hybridized carbons (Fsp3) is 0.533. The van der Waals surface area contributed by atoms with Gasteiger partial charge in [-0.2, -0.15) is 15.2 Å². The summed E-state index contributed by atoms with van der Waals surface area (Å²) in [4.78, 5) is 28.7. The van der Waals surface area contributed by atoms with E-state index in [0.29, 0.717) is 32.2 Å². The van der Waals surface area contributed by atoms with Crippen LogP contribution >= 0.6 is 0 Å². The first-order valence-electron chi connectivity index (χ1n) is 13.7. The van der Waals surface area contributed by atoms with Crippen LogP contribution in [0.4, 0.5) is 5.82 Å². The molecule has 2 aromatic rings. The molecular formula is C30H38N6O2. The zero-order chi connectivity index (χ0) is 26.7. The molecule has 0 saturated carbocycles. The number of anilines is 1. The number of hydrogen-bond donors (Lipinski definition) is 0. The van der Waals surface area contributed by atoms with Crippen LogP contribution in [0.15, 0.2) is 36.4 Å². The molecule has 1 fully saturated rings. The molecule has 2 unspecified atom stereocenters. The normalized spacial score (nSPS) is 22.9. The lowest BCUT2D eigenvalue weighted by molar-refractivity contribution is -0.128. The summed E-state index contributed by atoms with van der Waals surface area (Å²) in [6.45, 7) is 2.49. The summed E-state index contributed by atoms with van der Waals surface area (Å²) in [7, 11) is 5.56. The number of ether oxygens (including phenoxy) is 1. The van der Waals surface area contributed by atoms with Crippen LogP contribution in [-0.4, -0.2) is 79.1 Å². The van der Waals surface area contributed by atoms with Crippen LogP contribution in [0.1, 0.15) is 48.1 Å². The van der Waals surface area contributed by atoms with Gasteiger partial charge in [0.05, 0.1) is 31.3 Å². The largest absolute Gasteiger partial charge is 0.467 e. The van der Waals surface area contributed by atoms with E-state index in [1.54, 1.807) is 13.2 Å². The van der Waals surface area contributed by atoms with Crippen molar-refractivity contribution in [2.24, 2.45) is 0 Å². The zero-order valence-electron chi connectivity index (χ0n) is 22.8. The summed E-state index contributed by atoms with van der Waals surface area (Å²) in [5.74, 6) is 0.871. The highest BCUT2D eigenvalue weighted by Crippen LogP contribution is 2.47. The van der Waals surface area contributed by atoms with Crippen molar-refractivity contribution in [3.05, 3.63) is 58.8 Å². The van der Waals surface area contributed by atoms with E-state index in [-0.39, 0.29) is 23.8 Å². The van der Waals surface area contributed by atoms with Gasteiger partial charge < -0.3 is 19.4 Å². The fourth-order valence-electron chi connectivity index (χ4n) is 6.55. The first kappa shape index (κ1) is 26.2. The topological polar surface area (TPSA) is 85.6 Å². The molecule has 200 valence electrons. The van der Waals surface area contributed by atoms with Crippen LogP contribution in [0.2, 0.25) is 0 Å². The van der Waals surface area contributed by atoms with Gasteiger partial charge in [-0.05, 0) is 63.7 Å². The quantitative estimate of drug-likeness (QED) is 0.547. The van der Waals surface area contributed by atoms with Gasteiger partial charge in [0, 0.05) is 43.2 Å². The van der Waals surface area contributed by atoms with Gasteiger partial charge in [0.25, 0.3) is 0 Å². The highest BCUT2D eigenvalue weighted by atomic mass is 16.5. The molecule has 8 nitrogen and oxygen atoms in total. The Bertz CT molecular complexity index is 1250. The predicted octanol–water partition coefficient (Wildman–Crippen LogP) is 3.30. The van der Waals surface area contributed by atoms with Crippen molar-refractivity contribution in [3.8, 4) is 12.1 Å². The number of carbonyl (C=O) groups is 1. The molecule has 3 aliphatic rings. The number of benzene rings is 1. The summed E-state index contributed by atoms with van der Waals surface area (Å²) in [5.41, 5.74) is 5.35. The van der Waals surface area contributed by atoms with Crippen molar-refractivity contribution < 1.29 is 9.53 Å². The monoisotopic (exact) mass is 514 g/mol. The lowest BCUT2D eigenvalue weighted by Gasteiger charge is -2.44. The number of rotatable bonds is 6. The Kier molecular flexibility index (Phi) is 7.66. The van der Waals surface area contributed by atoms with Gasteiger partial charge in [0.1, 0.15) is 5.82 Å². The molecule has 2 heterocycles. The Morgan fingerprint density at radius 1 is 1.24 bits per heavy atom. The Labute approximate surface area is 225 Å². The molecule has 0 N–H and O–H groups in total. The Morgan fingerprint density at radius 2 is 2.08 bits per heavy atom. The summed E-state index contributed by atoms with van der Waals surface area (Å²) >= 11 is 0. The molecule has 2 aliphatic carbocycles. The van der Waals surface area contributed by atoms with Gasteiger partial charge in [-0.1, -0.05) is 30.3 Å². The number of likely N-dealkylation sites (N-methyl/N-ethyl adjacent to an activating group) is 1. The first-order chi connectivity index (χ1) is 18.4. The number of aromatic nitrogens is 2. The average molecular weight is 515 g/mol. The maximum atomic E-state index is 13.0. The highest BCUT2D eigenvalue weighted by molar-refractivity contribution is 5.88. The maximum absolute atomic E-state index is 13.0. The van der Waals surface area contributed by atoms with Gasteiger partial charge in [-0.3, -0.25) is 4.79 Å². The fourth-order valence-corrected chi connectivity index (χ4v) is 6.55. The number of fused-ring (bicyclic) bond motifs is 3. The number of piperazine rings is 1. The van der Waals surface area contributed by atoms with Crippen LogP contribution in [-0.2, 0) is 29.5 Å². The summed E-state index contributed by atoms with van der Waals surface area (Å²) in [6.07, 6.45) is 10.2. The van der Waals surface area contributed by atoms with Crippen LogP contribution < -0.4 is 9.64 Å². The minimum atomic E-state index is -0.193. The Balaban J connectivity index is 1.42. The van der Waals surface area contributed by atoms with Crippen LogP contribution in [0.5, 0.6) is 6.01 Å². The van der Waals surface area contributed by atoms with E-state index in [0.717, 1.165) is 37.2 Å². The molecule has 1 amide bonds. The number of carbonyl (C=O) groups excluding carboxylic acids is 1. The lowest BCUT2D eigenvalue weighted by atomic mass is 9.62. The van der Waals surface area contributed by atoms with Gasteiger partial charge in [-0.15, -0.1) is 0 Å². The molecule has 0 bridgehead atoms. The molecule has 5 rings (SSSR count). The molecule has 1 aromatic heterocycles. The molecular weight excluding hydrogens is 476 g/mol. The molecule has 1 saturated heterocycles. The summed E-state index contributed by atoms with van der Waals surface area (Å²) in [5, 5.41) is 9.54. The third-order valence-corrected chi connectivity index (χ3v) is 8.41. The third-order valence-electron chi connectivity index (χ3n) is 8.41. The summed E-state index contributed by atoms with van der Waals surface area (Å²) < 4.78 is 5.58. The minimum Gasteiger partial charge on any atom is -0.467 e. The van der Waals surface area contributed by atoms with E-state index in [1.807, 2.05) is 30.0 Å². The van der Waals surface area contributed by atoms with E-state index >= 15 is 0 Å². The van der Waals surface area contributed by atoms with E-state index in [9.17, 15) is 10.1 Å². The predicted molar refractivity (Wildman–Crippen MR) is 147 cm³/mol. The smallest absolute Gasteiger partial charge is 0.318 e. The van der Waals surface area contributed by atoms with Crippen molar-refractivity contribution in [2.45, 2.75) is 56.4 Å². The molecule has 2 atom stereocenters. The second-order valence-corrected chi connectivity index (χ2v) is 11.1. The maximum Gasteiger partial charge on any atom is 0.318 e. The SMILES string of the molecule is COc1nc2c(c(N3CCN(C(=O)/C=C/CN(C)C)C(CC#N)C3)n1)CCC1(CCCc3ccccc31)C2. The standard InChI is InChI=1S/C30H38N6O2/c1-34(2)17-7-11-27(37)36-19-18-35(21-23(36)13-16-31)28-24-12-15-30(20-26(24)32-29(33-28)38-3)14-6-9-22-8-4-5-10-25(22)30/h4-5,7-8,10-11,23H,6,9,12-15,17-21H2,1-3H3/b11-7+. The van der Waals surface area contributed by atoms with Crippen molar-refractivity contribution >= 4 is 11.7 Å². The van der Waals surface area contributed by atoms with Crippen LogP contribution in [0, 0.1) is 11.3 Å². The number of methoxy groups -OCH3 is 1. The van der Waals surface area contributed by atoms with E-state index in [4.69, 9.17) is 14.7 Å². The number of aryl methyl sites for hydroxylation is 1. The van der Waals surface area contributed by atoms with Crippen LogP contribution in [0.25, 0.3) is 0 Å². The number of nitrogens with zero attached hydrogens (tertiary/aromatic N) is 6. The van der Waals surface area contributed by atoms with E-state index in [2.05, 4.69) is 35.2 Å². The average Bonchev–Trinajstić information content (AvgIpc) is 2.92. The summed E-state index contributed by atoms with van der Waals surface area (Å²) in [6, 6.07) is 11.4. The van der Waals surface area contributed by atoms with Gasteiger partial charge >= 0.3 is 6.01 Å². The van der Waals surface area contributed by atoms with Gasteiger partial charge in [-0.25, -0.2) is 0 Å². The third kappa shape index (κ3) is 5.12. The lowest BCUT2D eigenvalue weighted by Crippen LogP contribution is -2.55. The van der Waals surface area contributed by atoms with Crippen molar-refractivity contribution in [2.75, 3.05) is 52.3 Å². The number of nitriles is 1.